The van der Waals surface area contributed by atoms with Crippen LogP contribution in [0, 0.1) is 11.3 Å². The second-order valence-electron chi connectivity index (χ2n) is 5.64. The Labute approximate surface area is 145 Å². The van der Waals surface area contributed by atoms with Crippen molar-refractivity contribution >= 4 is 0 Å². The summed E-state index contributed by atoms with van der Waals surface area (Å²) in [5.74, 6) is 2.18. The number of allylic oxidation sites excluding steroid dienone is 1. The fraction of sp³-hybridized carbons (Fsp3) is 0.211. The van der Waals surface area contributed by atoms with Crippen LogP contribution >= 0.6 is 0 Å². The maximum atomic E-state index is 9.67. The Kier molecular flexibility index (Phi) is 3.62. The van der Waals surface area contributed by atoms with Crippen LogP contribution in [0.3, 0.4) is 0 Å². The molecule has 0 saturated carbocycles. The summed E-state index contributed by atoms with van der Waals surface area (Å²) < 4.78 is 22.3. The van der Waals surface area contributed by atoms with Crippen molar-refractivity contribution in [3.05, 3.63) is 59.0 Å². The lowest BCUT2D eigenvalue weighted by molar-refractivity contribution is 0.174. The largest absolute Gasteiger partial charge is 0.494 e. The second kappa shape index (κ2) is 5.95. The third-order valence-corrected chi connectivity index (χ3v) is 4.24. The van der Waals surface area contributed by atoms with Gasteiger partial charge in [0, 0.05) is 17.2 Å². The highest BCUT2D eigenvalue weighted by Crippen LogP contribution is 2.49. The molecule has 2 heterocycles. The molecule has 0 unspecified atom stereocenters. The fourth-order valence-corrected chi connectivity index (χ4v) is 3.17. The van der Waals surface area contributed by atoms with Crippen molar-refractivity contribution in [2.45, 2.75) is 12.8 Å². The van der Waals surface area contributed by atoms with Crippen LogP contribution in [0.25, 0.3) is 0 Å². The van der Waals surface area contributed by atoms with Gasteiger partial charge in [-0.1, -0.05) is 18.2 Å². The average Bonchev–Trinajstić information content (AvgIpc) is 3.07. The zero-order valence-electron chi connectivity index (χ0n) is 13.6. The lowest BCUT2D eigenvalue weighted by Crippen LogP contribution is -2.21. The van der Waals surface area contributed by atoms with Crippen LogP contribution in [0.2, 0.25) is 0 Å². The van der Waals surface area contributed by atoms with E-state index in [0.717, 1.165) is 11.1 Å². The van der Waals surface area contributed by atoms with Crippen LogP contribution in [-0.2, 0) is 0 Å². The summed E-state index contributed by atoms with van der Waals surface area (Å²) in [5, 5.41) is 9.67. The SMILES string of the molecule is CCOc1ccccc1[C@H]1C(C#N)=C(N)Oc2cc3c(cc21)OCO3. The first kappa shape index (κ1) is 15.2. The van der Waals surface area contributed by atoms with Gasteiger partial charge in [0.1, 0.15) is 23.1 Å². The van der Waals surface area contributed by atoms with E-state index in [1.165, 1.54) is 0 Å². The highest BCUT2D eigenvalue weighted by atomic mass is 16.7. The van der Waals surface area contributed by atoms with Crippen molar-refractivity contribution < 1.29 is 18.9 Å². The zero-order valence-corrected chi connectivity index (χ0v) is 13.6. The molecular formula is C19H16N2O4. The summed E-state index contributed by atoms with van der Waals surface area (Å²) in [5.41, 5.74) is 8.02. The second-order valence-corrected chi connectivity index (χ2v) is 5.64. The standard InChI is InChI=1S/C19H16N2O4/c1-2-22-14-6-4-3-5-11(14)18-12-7-16-17(24-10-23-16)8-15(12)25-19(21)13(18)9-20/h3-8,18H,2,10,21H2,1H3/t18-/m1/s1. The summed E-state index contributed by atoms with van der Waals surface area (Å²) in [6.45, 7) is 2.60. The molecule has 1 atom stereocenters. The van der Waals surface area contributed by atoms with Gasteiger partial charge in [-0.3, -0.25) is 0 Å². The van der Waals surface area contributed by atoms with Crippen LogP contribution in [0.1, 0.15) is 24.0 Å². The molecule has 6 nitrogen and oxygen atoms in total. The minimum Gasteiger partial charge on any atom is -0.494 e. The predicted octanol–water partition coefficient (Wildman–Crippen LogP) is 3.03. The van der Waals surface area contributed by atoms with E-state index in [2.05, 4.69) is 6.07 Å². The van der Waals surface area contributed by atoms with E-state index in [1.54, 1.807) is 6.07 Å². The first-order valence-electron chi connectivity index (χ1n) is 7.95. The molecule has 0 bridgehead atoms. The summed E-state index contributed by atoms with van der Waals surface area (Å²) >= 11 is 0. The van der Waals surface area contributed by atoms with E-state index in [-0.39, 0.29) is 12.7 Å². The Morgan fingerprint density at radius 1 is 1.16 bits per heavy atom. The van der Waals surface area contributed by atoms with Crippen molar-refractivity contribution in [1.82, 2.24) is 0 Å². The number of rotatable bonds is 3. The number of hydrogen-bond acceptors (Lipinski definition) is 6. The summed E-state index contributed by atoms with van der Waals surface area (Å²) in [7, 11) is 0. The van der Waals surface area contributed by atoms with E-state index >= 15 is 0 Å². The van der Waals surface area contributed by atoms with Gasteiger partial charge >= 0.3 is 0 Å². The van der Waals surface area contributed by atoms with Gasteiger partial charge in [-0.2, -0.15) is 5.26 Å². The minimum atomic E-state index is -0.397. The molecule has 4 rings (SSSR count). The highest BCUT2D eigenvalue weighted by molar-refractivity contribution is 5.62. The molecule has 0 amide bonds. The van der Waals surface area contributed by atoms with Crippen molar-refractivity contribution in [3.63, 3.8) is 0 Å². The molecule has 0 radical (unpaired) electrons. The molecule has 2 aliphatic rings. The Morgan fingerprint density at radius 2 is 1.92 bits per heavy atom. The Bertz CT molecular complexity index is 914. The molecule has 0 fully saturated rings. The van der Waals surface area contributed by atoms with Crippen LogP contribution in [0.5, 0.6) is 23.0 Å². The van der Waals surface area contributed by atoms with E-state index in [1.807, 2.05) is 37.3 Å². The number of ether oxygens (including phenoxy) is 4. The van der Waals surface area contributed by atoms with Gasteiger partial charge < -0.3 is 24.7 Å². The number of hydrogen-bond donors (Lipinski definition) is 1. The van der Waals surface area contributed by atoms with Crippen LogP contribution in [0.4, 0.5) is 0 Å². The van der Waals surface area contributed by atoms with Gasteiger partial charge in [-0.05, 0) is 19.1 Å². The topological polar surface area (TPSA) is 86.7 Å². The molecule has 25 heavy (non-hydrogen) atoms. The van der Waals surface area contributed by atoms with Crippen LogP contribution in [-0.4, -0.2) is 13.4 Å². The third-order valence-electron chi connectivity index (χ3n) is 4.24. The summed E-state index contributed by atoms with van der Waals surface area (Å²) in [4.78, 5) is 0. The highest BCUT2D eigenvalue weighted by Gasteiger charge is 2.34. The first-order valence-corrected chi connectivity index (χ1v) is 7.95. The van der Waals surface area contributed by atoms with Gasteiger partial charge in [-0.25, -0.2) is 0 Å². The molecule has 2 aromatic rings. The molecular weight excluding hydrogens is 320 g/mol. The number of fused-ring (bicyclic) bond motifs is 2. The van der Waals surface area contributed by atoms with Crippen molar-refractivity contribution in [3.8, 4) is 29.1 Å². The van der Waals surface area contributed by atoms with Crippen LogP contribution < -0.4 is 24.7 Å². The molecule has 0 aromatic heterocycles. The van der Waals surface area contributed by atoms with Gasteiger partial charge in [0.05, 0.1) is 12.5 Å². The van der Waals surface area contributed by atoms with E-state index < -0.39 is 5.92 Å². The monoisotopic (exact) mass is 336 g/mol. The normalized spacial score (nSPS) is 17.5. The van der Waals surface area contributed by atoms with Crippen LogP contribution in [0.15, 0.2) is 47.9 Å². The lowest BCUT2D eigenvalue weighted by atomic mass is 9.83. The Balaban J connectivity index is 1.93. The molecule has 126 valence electrons. The van der Waals surface area contributed by atoms with E-state index in [0.29, 0.717) is 35.2 Å². The maximum absolute atomic E-state index is 9.67. The third kappa shape index (κ3) is 2.41. The van der Waals surface area contributed by atoms with Crippen molar-refractivity contribution in [2.75, 3.05) is 13.4 Å². The number of para-hydroxylation sites is 1. The summed E-state index contributed by atoms with van der Waals surface area (Å²) in [6.07, 6.45) is 0. The average molecular weight is 336 g/mol. The molecule has 2 aromatic carbocycles. The van der Waals surface area contributed by atoms with Crippen molar-refractivity contribution in [2.24, 2.45) is 5.73 Å². The molecule has 6 heteroatoms. The number of nitriles is 1. The predicted molar refractivity (Wildman–Crippen MR) is 89.5 cm³/mol. The summed E-state index contributed by atoms with van der Waals surface area (Å²) in [6, 6.07) is 13.4. The number of nitrogens with zero attached hydrogens (tertiary/aromatic N) is 1. The Hall–Kier alpha value is -3.33. The minimum absolute atomic E-state index is 0.0881. The quantitative estimate of drug-likeness (QED) is 0.927. The Morgan fingerprint density at radius 3 is 2.68 bits per heavy atom. The molecule has 2 aliphatic heterocycles. The molecule has 2 N–H and O–H groups in total. The smallest absolute Gasteiger partial charge is 0.231 e. The van der Waals surface area contributed by atoms with Crippen molar-refractivity contribution in [1.29, 1.82) is 5.26 Å². The fourth-order valence-electron chi connectivity index (χ4n) is 3.17. The van der Waals surface area contributed by atoms with Gasteiger partial charge in [0.15, 0.2) is 11.5 Å². The van der Waals surface area contributed by atoms with Gasteiger partial charge in [-0.15, -0.1) is 0 Å². The van der Waals surface area contributed by atoms with Gasteiger partial charge in [0.2, 0.25) is 12.7 Å². The van der Waals surface area contributed by atoms with Gasteiger partial charge in [0.25, 0.3) is 0 Å². The molecule has 0 aliphatic carbocycles. The number of benzene rings is 2. The zero-order chi connectivity index (χ0) is 17.4. The van der Waals surface area contributed by atoms with E-state index in [9.17, 15) is 5.26 Å². The molecule has 0 spiro atoms. The first-order chi connectivity index (χ1) is 12.2. The molecule has 0 saturated heterocycles. The number of nitrogens with two attached hydrogens (primary N) is 1. The lowest BCUT2D eigenvalue weighted by Gasteiger charge is -2.27. The maximum Gasteiger partial charge on any atom is 0.231 e. The van der Waals surface area contributed by atoms with E-state index in [4.69, 9.17) is 24.7 Å².